The summed E-state index contributed by atoms with van der Waals surface area (Å²) in [7, 11) is -3.71. The fraction of sp³-hybridized carbons (Fsp3) is 0.875. The first-order valence-corrected chi connectivity index (χ1v) is 10.0. The Balaban J connectivity index is 1.61. The van der Waals surface area contributed by atoms with E-state index in [1.807, 2.05) is 0 Å². The standard InChI is InChI=1S/C16H26N2O5S/c1-14(2,3)23-13(20)17-16(8-9-16)12(19)18-24(21,22)15(6-7-15)10-11-4-5-11/h11H,4-10H2,1-3H3,(H,17,20)(H,18,19). The van der Waals surface area contributed by atoms with Crippen LogP contribution in [0.5, 0.6) is 0 Å². The highest BCUT2D eigenvalue weighted by atomic mass is 32.2. The molecule has 136 valence electrons. The van der Waals surface area contributed by atoms with Crippen LogP contribution in [0, 0.1) is 5.92 Å². The molecule has 0 spiro atoms. The van der Waals surface area contributed by atoms with E-state index in [0.29, 0.717) is 38.0 Å². The number of amides is 2. The van der Waals surface area contributed by atoms with Crippen LogP contribution in [0.2, 0.25) is 0 Å². The lowest BCUT2D eigenvalue weighted by molar-refractivity contribution is -0.122. The molecule has 3 aliphatic rings. The second kappa shape index (κ2) is 5.34. The molecule has 0 atom stereocenters. The topological polar surface area (TPSA) is 102 Å². The first kappa shape index (κ1) is 17.5. The third kappa shape index (κ3) is 3.68. The van der Waals surface area contributed by atoms with E-state index in [1.54, 1.807) is 20.8 Å². The zero-order valence-corrected chi connectivity index (χ0v) is 15.3. The van der Waals surface area contributed by atoms with E-state index in [0.717, 1.165) is 12.8 Å². The molecule has 3 fully saturated rings. The Morgan fingerprint density at radius 3 is 2.12 bits per heavy atom. The van der Waals surface area contributed by atoms with Crippen molar-refractivity contribution < 1.29 is 22.7 Å². The predicted molar refractivity (Wildman–Crippen MR) is 87.7 cm³/mol. The maximum absolute atomic E-state index is 12.6. The molecule has 2 amide bonds. The van der Waals surface area contributed by atoms with E-state index in [2.05, 4.69) is 10.0 Å². The minimum absolute atomic E-state index is 0.420. The molecule has 0 saturated heterocycles. The molecule has 0 bridgehead atoms. The molecule has 3 rings (SSSR count). The lowest BCUT2D eigenvalue weighted by atomic mass is 10.2. The van der Waals surface area contributed by atoms with Crippen molar-refractivity contribution in [1.29, 1.82) is 0 Å². The van der Waals surface area contributed by atoms with Crippen LogP contribution in [0.1, 0.15) is 65.7 Å². The van der Waals surface area contributed by atoms with Gasteiger partial charge in [-0.25, -0.2) is 13.2 Å². The van der Waals surface area contributed by atoms with Gasteiger partial charge in [0.25, 0.3) is 5.91 Å². The maximum Gasteiger partial charge on any atom is 0.408 e. The molecule has 0 heterocycles. The quantitative estimate of drug-likeness (QED) is 0.754. The van der Waals surface area contributed by atoms with Gasteiger partial charge in [0.05, 0.1) is 4.75 Å². The molecule has 8 heteroatoms. The SMILES string of the molecule is CC(C)(C)OC(=O)NC1(C(=O)NS(=O)(=O)C2(CC3CC3)CC2)CC1. The Bertz CT molecular complexity index is 652. The fourth-order valence-corrected chi connectivity index (χ4v) is 4.68. The first-order chi connectivity index (χ1) is 11.0. The molecule has 24 heavy (non-hydrogen) atoms. The van der Waals surface area contributed by atoms with Crippen molar-refractivity contribution >= 4 is 22.0 Å². The summed E-state index contributed by atoms with van der Waals surface area (Å²) >= 11 is 0. The summed E-state index contributed by atoms with van der Waals surface area (Å²) in [5, 5.41) is 2.53. The molecule has 0 unspecified atom stereocenters. The normalized spacial score (nSPS) is 24.0. The van der Waals surface area contributed by atoms with Crippen molar-refractivity contribution in [3.8, 4) is 0 Å². The molecular formula is C16H26N2O5S. The predicted octanol–water partition coefficient (Wildman–Crippen LogP) is 1.82. The van der Waals surface area contributed by atoms with Crippen molar-refractivity contribution in [1.82, 2.24) is 10.0 Å². The van der Waals surface area contributed by atoms with Gasteiger partial charge < -0.3 is 10.1 Å². The van der Waals surface area contributed by atoms with E-state index >= 15 is 0 Å². The monoisotopic (exact) mass is 358 g/mol. The highest BCUT2D eigenvalue weighted by molar-refractivity contribution is 7.91. The number of ether oxygens (including phenoxy) is 1. The minimum atomic E-state index is -3.71. The largest absolute Gasteiger partial charge is 0.444 e. The summed E-state index contributed by atoms with van der Waals surface area (Å²) in [6, 6.07) is 0. The lowest BCUT2D eigenvalue weighted by Crippen LogP contribution is -2.53. The summed E-state index contributed by atoms with van der Waals surface area (Å²) < 4.78 is 31.8. The van der Waals surface area contributed by atoms with Gasteiger partial charge in [0.2, 0.25) is 10.0 Å². The van der Waals surface area contributed by atoms with E-state index in [4.69, 9.17) is 4.74 Å². The number of hydrogen-bond acceptors (Lipinski definition) is 5. The molecule has 0 aliphatic heterocycles. The Labute approximate surface area is 142 Å². The number of carbonyl (C=O) groups excluding carboxylic acids is 2. The van der Waals surface area contributed by atoms with Crippen LogP contribution < -0.4 is 10.0 Å². The van der Waals surface area contributed by atoms with Crippen molar-refractivity contribution in [2.24, 2.45) is 5.92 Å². The highest BCUT2D eigenvalue weighted by Crippen LogP contribution is 2.52. The van der Waals surface area contributed by atoms with Gasteiger partial charge in [-0.1, -0.05) is 12.8 Å². The number of alkyl carbamates (subject to hydrolysis) is 1. The summed E-state index contributed by atoms with van der Waals surface area (Å²) in [6.07, 6.45) is 4.16. The average molecular weight is 358 g/mol. The number of rotatable bonds is 6. The Kier molecular flexibility index (Phi) is 3.90. The van der Waals surface area contributed by atoms with Gasteiger partial charge in [0, 0.05) is 0 Å². The number of nitrogens with one attached hydrogen (secondary N) is 2. The second-order valence-corrected chi connectivity index (χ2v) is 10.6. The molecule has 7 nitrogen and oxygen atoms in total. The van der Waals surface area contributed by atoms with Crippen LogP contribution in [-0.2, 0) is 19.6 Å². The minimum Gasteiger partial charge on any atom is -0.444 e. The van der Waals surface area contributed by atoms with E-state index in [-0.39, 0.29) is 0 Å². The van der Waals surface area contributed by atoms with Crippen LogP contribution in [0.25, 0.3) is 0 Å². The molecule has 0 aromatic heterocycles. The average Bonchev–Trinajstić information content (AvgIpc) is 3.26. The third-order valence-corrected chi connectivity index (χ3v) is 7.06. The van der Waals surface area contributed by atoms with Crippen LogP contribution in [-0.4, -0.2) is 36.3 Å². The van der Waals surface area contributed by atoms with Crippen LogP contribution >= 0.6 is 0 Å². The van der Waals surface area contributed by atoms with Gasteiger partial charge in [0.15, 0.2) is 0 Å². The van der Waals surface area contributed by atoms with E-state index in [9.17, 15) is 18.0 Å². The summed E-state index contributed by atoms with van der Waals surface area (Å²) in [6.45, 7) is 5.18. The summed E-state index contributed by atoms with van der Waals surface area (Å²) in [5.74, 6) is -0.163. The first-order valence-electron chi connectivity index (χ1n) is 8.55. The van der Waals surface area contributed by atoms with Gasteiger partial charge in [-0.3, -0.25) is 9.52 Å². The Hall–Kier alpha value is -1.31. The molecule has 2 N–H and O–H groups in total. The smallest absolute Gasteiger partial charge is 0.408 e. The third-order valence-electron chi connectivity index (χ3n) is 4.89. The van der Waals surface area contributed by atoms with Gasteiger partial charge in [-0.15, -0.1) is 0 Å². The molecule has 0 radical (unpaired) electrons. The molecule has 3 aliphatic carbocycles. The summed E-state index contributed by atoms with van der Waals surface area (Å²) in [5.41, 5.74) is -1.82. The van der Waals surface area contributed by atoms with Crippen molar-refractivity contribution in [3.05, 3.63) is 0 Å². The van der Waals surface area contributed by atoms with Gasteiger partial charge in [-0.05, 0) is 58.8 Å². The Morgan fingerprint density at radius 2 is 1.71 bits per heavy atom. The molecular weight excluding hydrogens is 332 g/mol. The molecule has 0 aromatic rings. The van der Waals surface area contributed by atoms with Crippen molar-refractivity contribution in [2.75, 3.05) is 0 Å². The Morgan fingerprint density at radius 1 is 1.12 bits per heavy atom. The molecule has 0 aromatic carbocycles. The number of carbonyl (C=O) groups is 2. The summed E-state index contributed by atoms with van der Waals surface area (Å²) in [4.78, 5) is 24.3. The van der Waals surface area contributed by atoms with Crippen LogP contribution in [0.3, 0.4) is 0 Å². The highest BCUT2D eigenvalue weighted by Gasteiger charge is 2.60. The number of sulfonamides is 1. The zero-order chi connectivity index (χ0) is 17.8. The zero-order valence-electron chi connectivity index (χ0n) is 14.5. The van der Waals surface area contributed by atoms with Gasteiger partial charge in [-0.2, -0.15) is 0 Å². The van der Waals surface area contributed by atoms with Crippen molar-refractivity contribution in [3.63, 3.8) is 0 Å². The van der Waals surface area contributed by atoms with Crippen molar-refractivity contribution in [2.45, 2.75) is 81.6 Å². The maximum atomic E-state index is 12.6. The second-order valence-electron chi connectivity index (χ2n) is 8.47. The van der Waals surface area contributed by atoms with E-state index in [1.165, 1.54) is 0 Å². The number of hydrogen-bond donors (Lipinski definition) is 2. The van der Waals surface area contributed by atoms with Crippen LogP contribution in [0.4, 0.5) is 4.79 Å². The van der Waals surface area contributed by atoms with Gasteiger partial charge >= 0.3 is 6.09 Å². The van der Waals surface area contributed by atoms with Gasteiger partial charge in [0.1, 0.15) is 11.1 Å². The fourth-order valence-electron chi connectivity index (χ4n) is 2.93. The molecule has 3 saturated carbocycles. The van der Waals surface area contributed by atoms with Crippen LogP contribution in [0.15, 0.2) is 0 Å². The van der Waals surface area contributed by atoms with E-state index < -0.39 is 37.9 Å². The lowest BCUT2D eigenvalue weighted by Gasteiger charge is -2.24.